The maximum Gasteiger partial charge on any atom is 0.305 e. The Hall–Kier alpha value is -3.38. The van der Waals surface area contributed by atoms with Gasteiger partial charge in [-0.1, -0.05) is 64.3 Å². The van der Waals surface area contributed by atoms with Crippen LogP contribution in [0.2, 0.25) is 0 Å². The number of hydrogen-bond acceptors (Lipinski definition) is 5. The Balaban J connectivity index is 0.00000124. The molecule has 3 aromatic carbocycles. The highest BCUT2D eigenvalue weighted by atomic mass is 19.1. The molecule has 1 saturated carbocycles. The molecule has 0 radical (unpaired) electrons. The number of methoxy groups -OCH3 is 2. The summed E-state index contributed by atoms with van der Waals surface area (Å²) in [6.07, 6.45) is 4.54. The largest absolute Gasteiger partial charge is 0.497 e. The lowest BCUT2D eigenvalue weighted by molar-refractivity contribution is -0.140. The maximum atomic E-state index is 14.8. The van der Waals surface area contributed by atoms with E-state index in [1.807, 2.05) is 63.2 Å². The monoisotopic (exact) mass is 522 g/mol. The Morgan fingerprint density at radius 1 is 0.921 bits per heavy atom. The number of aliphatic hydroxyl groups is 1. The highest BCUT2D eigenvalue weighted by Crippen LogP contribution is 2.40. The van der Waals surface area contributed by atoms with Crippen molar-refractivity contribution in [3.8, 4) is 22.6 Å². The summed E-state index contributed by atoms with van der Waals surface area (Å²) in [5.74, 6) is 0.569. The van der Waals surface area contributed by atoms with Crippen molar-refractivity contribution >= 4 is 5.97 Å². The number of aryl methyl sites for hydroxylation is 1. The highest BCUT2D eigenvalue weighted by molar-refractivity contribution is 5.71. The number of carbonyl (C=O) groups excluding carboxylic acids is 1. The zero-order chi connectivity index (χ0) is 27.7. The van der Waals surface area contributed by atoms with Crippen molar-refractivity contribution < 1.29 is 28.5 Å². The number of ether oxygens (including phenoxy) is 3. The van der Waals surface area contributed by atoms with Crippen molar-refractivity contribution in [1.82, 2.24) is 0 Å². The van der Waals surface area contributed by atoms with Crippen LogP contribution in [-0.2, 0) is 22.6 Å². The van der Waals surface area contributed by atoms with Gasteiger partial charge in [-0.2, -0.15) is 0 Å². The number of hydrogen-bond donors (Lipinski definition) is 1. The molecule has 6 heteroatoms. The average Bonchev–Trinajstić information content (AvgIpc) is 3.80. The number of esters is 1. The summed E-state index contributed by atoms with van der Waals surface area (Å²) < 4.78 is 30.8. The van der Waals surface area contributed by atoms with Gasteiger partial charge in [0.1, 0.15) is 23.9 Å². The fourth-order valence-electron chi connectivity index (χ4n) is 3.78. The Morgan fingerprint density at radius 3 is 2.29 bits per heavy atom. The van der Waals surface area contributed by atoms with Crippen LogP contribution < -0.4 is 9.47 Å². The SMILES string of the molecule is C1CC1.COC(=O)CCc1cccc(OCc2ccc(-c3cc(OC)ccc3F)c(C(O)C(C)(C)C)c2)c1. The minimum atomic E-state index is -0.829. The van der Waals surface area contributed by atoms with E-state index in [9.17, 15) is 14.3 Å². The summed E-state index contributed by atoms with van der Waals surface area (Å²) in [6, 6.07) is 17.7. The molecule has 0 bridgehead atoms. The molecule has 0 aromatic heterocycles. The summed E-state index contributed by atoms with van der Waals surface area (Å²) in [4.78, 5) is 11.4. The van der Waals surface area contributed by atoms with E-state index in [0.717, 1.165) is 11.1 Å². The van der Waals surface area contributed by atoms with Gasteiger partial charge >= 0.3 is 5.97 Å². The molecule has 4 rings (SSSR count). The number of rotatable bonds is 9. The third-order valence-electron chi connectivity index (χ3n) is 6.20. The van der Waals surface area contributed by atoms with E-state index in [-0.39, 0.29) is 18.4 Å². The summed E-state index contributed by atoms with van der Waals surface area (Å²) in [5.41, 5.74) is 2.96. The van der Waals surface area contributed by atoms with E-state index < -0.39 is 11.5 Å². The smallest absolute Gasteiger partial charge is 0.305 e. The third-order valence-corrected chi connectivity index (χ3v) is 6.20. The van der Waals surface area contributed by atoms with Gasteiger partial charge in [-0.05, 0) is 70.5 Å². The van der Waals surface area contributed by atoms with E-state index in [1.54, 1.807) is 12.1 Å². The van der Waals surface area contributed by atoms with Crippen LogP contribution >= 0.6 is 0 Å². The lowest BCUT2D eigenvalue weighted by atomic mass is 9.81. The highest BCUT2D eigenvalue weighted by Gasteiger charge is 2.27. The molecular formula is C32H39FO5. The van der Waals surface area contributed by atoms with Gasteiger partial charge in [0.25, 0.3) is 0 Å². The first-order chi connectivity index (χ1) is 18.1. The van der Waals surface area contributed by atoms with E-state index in [1.165, 1.54) is 39.5 Å². The minimum absolute atomic E-state index is 0.256. The Bertz CT molecular complexity index is 1210. The first kappa shape index (κ1) is 29.2. The molecule has 1 fully saturated rings. The van der Waals surface area contributed by atoms with Gasteiger partial charge < -0.3 is 19.3 Å². The van der Waals surface area contributed by atoms with Crippen molar-refractivity contribution in [1.29, 1.82) is 0 Å². The zero-order valence-electron chi connectivity index (χ0n) is 23.1. The predicted octanol–water partition coefficient (Wildman–Crippen LogP) is 7.44. The normalized spacial score (nSPS) is 13.1. The van der Waals surface area contributed by atoms with Crippen molar-refractivity contribution in [3.05, 3.63) is 83.2 Å². The molecule has 5 nitrogen and oxygen atoms in total. The van der Waals surface area contributed by atoms with Crippen molar-refractivity contribution in [2.45, 2.75) is 65.6 Å². The zero-order valence-corrected chi connectivity index (χ0v) is 23.1. The van der Waals surface area contributed by atoms with E-state index in [4.69, 9.17) is 14.2 Å². The van der Waals surface area contributed by atoms with Gasteiger partial charge in [0.15, 0.2) is 0 Å². The molecule has 0 spiro atoms. The third kappa shape index (κ3) is 8.59. The number of aliphatic hydroxyl groups excluding tert-OH is 1. The molecular weight excluding hydrogens is 483 g/mol. The topological polar surface area (TPSA) is 65.0 Å². The van der Waals surface area contributed by atoms with Gasteiger partial charge in [-0.25, -0.2) is 4.39 Å². The van der Waals surface area contributed by atoms with Gasteiger partial charge in [0, 0.05) is 12.0 Å². The van der Waals surface area contributed by atoms with Gasteiger partial charge in [-0.3, -0.25) is 4.79 Å². The van der Waals surface area contributed by atoms with Gasteiger partial charge in [0.2, 0.25) is 0 Å². The second-order valence-corrected chi connectivity index (χ2v) is 10.6. The standard InChI is InChI=1S/C29H33FO5.C3H6/c1-29(2,3)28(32)25-16-20(9-12-23(25)24-17-21(33-4)11-13-26(24)30)18-35-22-8-6-7-19(15-22)10-14-27(31)34-5;1-2-3-1/h6-9,11-13,15-17,28,32H,10,14,18H2,1-5H3;1-3H2. The summed E-state index contributed by atoms with van der Waals surface area (Å²) in [5, 5.41) is 11.2. The van der Waals surface area contributed by atoms with Crippen LogP contribution in [-0.4, -0.2) is 25.3 Å². The van der Waals surface area contributed by atoms with Crippen LogP contribution in [0.3, 0.4) is 0 Å². The molecule has 204 valence electrons. The first-order valence-corrected chi connectivity index (χ1v) is 13.1. The predicted molar refractivity (Wildman–Crippen MR) is 148 cm³/mol. The molecule has 0 aliphatic heterocycles. The molecule has 1 aliphatic rings. The molecule has 1 unspecified atom stereocenters. The van der Waals surface area contributed by atoms with Crippen LogP contribution in [0.25, 0.3) is 11.1 Å². The molecule has 1 atom stereocenters. The Kier molecular flexibility index (Phi) is 10.3. The lowest BCUT2D eigenvalue weighted by Crippen LogP contribution is -2.19. The van der Waals surface area contributed by atoms with Crippen LogP contribution in [0, 0.1) is 11.2 Å². The first-order valence-electron chi connectivity index (χ1n) is 13.1. The van der Waals surface area contributed by atoms with Crippen LogP contribution in [0.4, 0.5) is 4.39 Å². The number of halogens is 1. The van der Waals surface area contributed by atoms with Crippen LogP contribution in [0.5, 0.6) is 11.5 Å². The van der Waals surface area contributed by atoms with Crippen molar-refractivity contribution in [2.75, 3.05) is 14.2 Å². The molecule has 0 saturated heterocycles. The second-order valence-electron chi connectivity index (χ2n) is 10.6. The van der Waals surface area contributed by atoms with E-state index in [0.29, 0.717) is 41.0 Å². The Morgan fingerprint density at radius 2 is 1.66 bits per heavy atom. The molecule has 3 aromatic rings. The number of carbonyl (C=O) groups is 1. The molecule has 1 N–H and O–H groups in total. The van der Waals surface area contributed by atoms with E-state index >= 15 is 0 Å². The summed E-state index contributed by atoms with van der Waals surface area (Å²) in [6.45, 7) is 6.08. The molecule has 38 heavy (non-hydrogen) atoms. The van der Waals surface area contributed by atoms with E-state index in [2.05, 4.69) is 0 Å². The van der Waals surface area contributed by atoms with Crippen molar-refractivity contribution in [2.24, 2.45) is 5.41 Å². The molecule has 0 heterocycles. The van der Waals surface area contributed by atoms with Gasteiger partial charge in [0.05, 0.1) is 20.3 Å². The summed E-state index contributed by atoms with van der Waals surface area (Å²) >= 11 is 0. The van der Waals surface area contributed by atoms with Crippen LogP contribution in [0.1, 0.15) is 69.2 Å². The van der Waals surface area contributed by atoms with Crippen LogP contribution in [0.15, 0.2) is 60.7 Å². The summed E-state index contributed by atoms with van der Waals surface area (Å²) in [7, 11) is 2.91. The second kappa shape index (κ2) is 13.4. The average molecular weight is 523 g/mol. The molecule has 0 amide bonds. The Labute approximate surface area is 225 Å². The molecule has 1 aliphatic carbocycles. The fraction of sp³-hybridized carbons (Fsp3) is 0.406. The number of benzene rings is 3. The van der Waals surface area contributed by atoms with Crippen molar-refractivity contribution in [3.63, 3.8) is 0 Å². The quantitative estimate of drug-likeness (QED) is 0.296. The van der Waals surface area contributed by atoms with Gasteiger partial charge in [-0.15, -0.1) is 0 Å². The maximum absolute atomic E-state index is 14.8. The lowest BCUT2D eigenvalue weighted by Gasteiger charge is -2.28. The minimum Gasteiger partial charge on any atom is -0.497 e. The fourth-order valence-corrected chi connectivity index (χ4v) is 3.78.